The van der Waals surface area contributed by atoms with E-state index >= 15 is 0 Å². The van der Waals surface area contributed by atoms with Gasteiger partial charge in [0.15, 0.2) is 5.08 Å². The fraction of sp³-hybridized carbons (Fsp3) is 0.400. The van der Waals surface area contributed by atoms with Gasteiger partial charge in [0.25, 0.3) is 0 Å². The van der Waals surface area contributed by atoms with Gasteiger partial charge in [-0.2, -0.15) is 0 Å². The van der Waals surface area contributed by atoms with Crippen LogP contribution in [0.15, 0.2) is 24.3 Å². The van der Waals surface area contributed by atoms with E-state index in [1.54, 1.807) is 18.2 Å². The lowest BCUT2D eigenvalue weighted by Crippen LogP contribution is -1.98. The summed E-state index contributed by atoms with van der Waals surface area (Å²) in [4.78, 5) is 0. The SMILES string of the molecule is CCCOc1ccccc1C(F)Br. The van der Waals surface area contributed by atoms with Crippen molar-refractivity contribution >= 4 is 15.9 Å². The number of rotatable bonds is 4. The zero-order valence-electron chi connectivity index (χ0n) is 7.47. The number of para-hydroxylation sites is 1. The first-order chi connectivity index (χ1) is 6.25. The van der Waals surface area contributed by atoms with Crippen molar-refractivity contribution in [2.45, 2.75) is 18.4 Å². The van der Waals surface area contributed by atoms with Gasteiger partial charge in [0.05, 0.1) is 6.61 Å². The molecule has 0 fully saturated rings. The van der Waals surface area contributed by atoms with E-state index in [1.807, 2.05) is 13.0 Å². The Morgan fingerprint density at radius 2 is 2.15 bits per heavy atom. The monoisotopic (exact) mass is 246 g/mol. The third-order valence-electron chi connectivity index (χ3n) is 1.62. The van der Waals surface area contributed by atoms with Gasteiger partial charge in [-0.15, -0.1) is 0 Å². The van der Waals surface area contributed by atoms with Crippen LogP contribution in [0.4, 0.5) is 4.39 Å². The van der Waals surface area contributed by atoms with Gasteiger partial charge in [-0.3, -0.25) is 0 Å². The van der Waals surface area contributed by atoms with E-state index in [9.17, 15) is 4.39 Å². The van der Waals surface area contributed by atoms with Crippen molar-refractivity contribution in [3.63, 3.8) is 0 Å². The molecule has 3 heteroatoms. The number of hydrogen-bond acceptors (Lipinski definition) is 1. The summed E-state index contributed by atoms with van der Waals surface area (Å²) < 4.78 is 18.3. The number of alkyl halides is 2. The van der Waals surface area contributed by atoms with Crippen molar-refractivity contribution in [2.24, 2.45) is 0 Å². The molecule has 1 nitrogen and oxygen atoms in total. The smallest absolute Gasteiger partial charge is 0.183 e. The highest BCUT2D eigenvalue weighted by atomic mass is 79.9. The highest BCUT2D eigenvalue weighted by molar-refractivity contribution is 9.09. The molecule has 0 saturated heterocycles. The molecule has 0 saturated carbocycles. The van der Waals surface area contributed by atoms with E-state index in [0.717, 1.165) is 6.42 Å². The Labute approximate surface area is 86.0 Å². The van der Waals surface area contributed by atoms with Gasteiger partial charge in [0.1, 0.15) is 5.75 Å². The molecule has 0 bridgehead atoms. The minimum Gasteiger partial charge on any atom is -0.493 e. The quantitative estimate of drug-likeness (QED) is 0.734. The summed E-state index contributed by atoms with van der Waals surface area (Å²) in [6.07, 6.45) is 0.924. The Bertz CT molecular complexity index is 263. The van der Waals surface area contributed by atoms with E-state index in [2.05, 4.69) is 15.9 Å². The lowest BCUT2D eigenvalue weighted by atomic mass is 10.2. The normalized spacial score (nSPS) is 12.5. The predicted octanol–water partition coefficient (Wildman–Crippen LogP) is 3.84. The number of halogens is 2. The van der Waals surface area contributed by atoms with Crippen LogP contribution < -0.4 is 4.74 Å². The first-order valence-corrected chi connectivity index (χ1v) is 5.17. The van der Waals surface area contributed by atoms with Gasteiger partial charge in [-0.05, 0) is 28.4 Å². The second-order valence-electron chi connectivity index (χ2n) is 2.69. The van der Waals surface area contributed by atoms with E-state index in [1.165, 1.54) is 0 Å². The number of benzene rings is 1. The highest BCUT2D eigenvalue weighted by Crippen LogP contribution is 2.31. The van der Waals surface area contributed by atoms with Gasteiger partial charge >= 0.3 is 0 Å². The maximum absolute atomic E-state index is 13.0. The molecule has 0 spiro atoms. The van der Waals surface area contributed by atoms with Crippen LogP contribution in [0.25, 0.3) is 0 Å². The lowest BCUT2D eigenvalue weighted by Gasteiger charge is -2.10. The van der Waals surface area contributed by atoms with Crippen LogP contribution in [-0.4, -0.2) is 6.61 Å². The predicted molar refractivity (Wildman–Crippen MR) is 55.0 cm³/mol. The molecule has 1 atom stereocenters. The summed E-state index contributed by atoms with van der Waals surface area (Å²) in [5, 5.41) is -1.15. The van der Waals surface area contributed by atoms with Crippen molar-refractivity contribution in [2.75, 3.05) is 6.61 Å². The van der Waals surface area contributed by atoms with Crippen molar-refractivity contribution < 1.29 is 9.13 Å². The van der Waals surface area contributed by atoms with Crippen molar-refractivity contribution in [3.8, 4) is 5.75 Å². The first-order valence-electron chi connectivity index (χ1n) is 4.25. The maximum Gasteiger partial charge on any atom is 0.183 e. The van der Waals surface area contributed by atoms with Gasteiger partial charge in [-0.25, -0.2) is 4.39 Å². The largest absolute Gasteiger partial charge is 0.493 e. The Hall–Kier alpha value is -0.570. The Balaban J connectivity index is 2.78. The summed E-state index contributed by atoms with van der Waals surface area (Å²) in [7, 11) is 0. The fourth-order valence-electron chi connectivity index (χ4n) is 1.00. The number of ether oxygens (including phenoxy) is 1. The Kier molecular flexibility index (Phi) is 4.22. The third-order valence-corrected chi connectivity index (χ3v) is 2.11. The summed E-state index contributed by atoms with van der Waals surface area (Å²) in [6, 6.07) is 7.12. The molecule has 0 aromatic heterocycles. The summed E-state index contributed by atoms with van der Waals surface area (Å²) in [5.41, 5.74) is 0.552. The zero-order valence-corrected chi connectivity index (χ0v) is 9.05. The first kappa shape index (κ1) is 10.5. The summed E-state index contributed by atoms with van der Waals surface area (Å²) >= 11 is 2.88. The van der Waals surface area contributed by atoms with Gasteiger partial charge in [0.2, 0.25) is 0 Å². The molecule has 0 heterocycles. The van der Waals surface area contributed by atoms with Crippen LogP contribution in [0, 0.1) is 0 Å². The van der Waals surface area contributed by atoms with Crippen LogP contribution >= 0.6 is 15.9 Å². The molecule has 1 rings (SSSR count). The molecular weight excluding hydrogens is 235 g/mol. The molecule has 72 valence electrons. The topological polar surface area (TPSA) is 9.23 Å². The molecule has 0 radical (unpaired) electrons. The van der Waals surface area contributed by atoms with E-state index < -0.39 is 5.08 Å². The standard InChI is InChI=1S/C10H12BrFO/c1-2-7-13-9-6-4-3-5-8(9)10(11)12/h3-6,10H,2,7H2,1H3. The minimum atomic E-state index is -1.15. The molecule has 0 aliphatic heterocycles. The van der Waals surface area contributed by atoms with Crippen LogP contribution in [0.3, 0.4) is 0 Å². The van der Waals surface area contributed by atoms with E-state index in [4.69, 9.17) is 4.74 Å². The van der Waals surface area contributed by atoms with Crippen LogP contribution in [0.1, 0.15) is 24.0 Å². The van der Waals surface area contributed by atoms with Gasteiger partial charge < -0.3 is 4.74 Å². The molecule has 0 aliphatic rings. The van der Waals surface area contributed by atoms with Crippen molar-refractivity contribution in [1.29, 1.82) is 0 Å². The van der Waals surface area contributed by atoms with Crippen molar-refractivity contribution in [3.05, 3.63) is 29.8 Å². The second-order valence-corrected chi connectivity index (χ2v) is 3.49. The van der Waals surface area contributed by atoms with Crippen LogP contribution in [0.5, 0.6) is 5.75 Å². The summed E-state index contributed by atoms with van der Waals surface area (Å²) in [5.74, 6) is 0.619. The second kappa shape index (κ2) is 5.22. The number of hydrogen-bond donors (Lipinski definition) is 0. The molecular formula is C10H12BrFO. The Morgan fingerprint density at radius 1 is 1.46 bits per heavy atom. The molecule has 13 heavy (non-hydrogen) atoms. The molecule has 0 aliphatic carbocycles. The minimum absolute atomic E-state index is 0.552. The molecule has 0 amide bonds. The van der Waals surface area contributed by atoms with Gasteiger partial charge in [0, 0.05) is 5.56 Å². The highest BCUT2D eigenvalue weighted by Gasteiger charge is 2.10. The molecule has 1 unspecified atom stereocenters. The van der Waals surface area contributed by atoms with Gasteiger partial charge in [-0.1, -0.05) is 25.1 Å². The maximum atomic E-state index is 13.0. The zero-order chi connectivity index (χ0) is 9.68. The third kappa shape index (κ3) is 2.99. The Morgan fingerprint density at radius 3 is 2.77 bits per heavy atom. The molecule has 1 aromatic carbocycles. The van der Waals surface area contributed by atoms with E-state index in [0.29, 0.717) is 17.9 Å². The average Bonchev–Trinajstić information content (AvgIpc) is 2.15. The lowest BCUT2D eigenvalue weighted by molar-refractivity contribution is 0.308. The fourth-order valence-corrected chi connectivity index (χ4v) is 1.38. The molecule has 1 aromatic rings. The van der Waals surface area contributed by atoms with Crippen LogP contribution in [0.2, 0.25) is 0 Å². The van der Waals surface area contributed by atoms with Crippen molar-refractivity contribution in [1.82, 2.24) is 0 Å². The van der Waals surface area contributed by atoms with Crippen LogP contribution in [-0.2, 0) is 0 Å². The summed E-state index contributed by atoms with van der Waals surface area (Å²) in [6.45, 7) is 2.64. The average molecular weight is 247 g/mol. The van der Waals surface area contributed by atoms with E-state index in [-0.39, 0.29) is 0 Å². The molecule has 0 N–H and O–H groups in total.